The monoisotopic (exact) mass is 199 g/mol. The van der Waals surface area contributed by atoms with Crippen molar-refractivity contribution < 1.29 is 9.13 Å². The van der Waals surface area contributed by atoms with Crippen molar-refractivity contribution >= 4 is 0 Å². The summed E-state index contributed by atoms with van der Waals surface area (Å²) in [6.07, 6.45) is 6.35. The van der Waals surface area contributed by atoms with Gasteiger partial charge in [0.05, 0.1) is 12.9 Å². The summed E-state index contributed by atoms with van der Waals surface area (Å²) in [6, 6.07) is 0.0246. The van der Waals surface area contributed by atoms with Gasteiger partial charge in [0.15, 0.2) is 0 Å². The minimum absolute atomic E-state index is 0.0246. The van der Waals surface area contributed by atoms with E-state index < -0.39 is 5.67 Å². The van der Waals surface area contributed by atoms with E-state index in [-0.39, 0.29) is 6.04 Å². The maximum Gasteiger partial charge on any atom is 0.136 e. The molecule has 0 aromatic carbocycles. The summed E-state index contributed by atoms with van der Waals surface area (Å²) in [7, 11) is 0. The zero-order valence-corrected chi connectivity index (χ0v) is 8.47. The van der Waals surface area contributed by atoms with E-state index in [1.54, 1.807) is 6.26 Å². The highest BCUT2D eigenvalue weighted by molar-refractivity contribution is 5.18. The van der Waals surface area contributed by atoms with E-state index in [0.29, 0.717) is 12.8 Å². The van der Waals surface area contributed by atoms with Crippen LogP contribution in [0.5, 0.6) is 0 Å². The van der Waals surface area contributed by atoms with Crippen molar-refractivity contribution in [3.8, 4) is 0 Å². The Balaban J connectivity index is 2.09. The lowest BCUT2D eigenvalue weighted by Gasteiger charge is -2.36. The fourth-order valence-electron chi connectivity index (χ4n) is 2.45. The summed E-state index contributed by atoms with van der Waals surface area (Å²) >= 11 is 0. The molecule has 14 heavy (non-hydrogen) atoms. The lowest BCUT2D eigenvalue weighted by Crippen LogP contribution is -2.40. The van der Waals surface area contributed by atoms with Crippen molar-refractivity contribution in [2.75, 3.05) is 6.61 Å². The molecule has 0 saturated heterocycles. The van der Waals surface area contributed by atoms with Crippen LogP contribution in [0.15, 0.2) is 11.8 Å². The van der Waals surface area contributed by atoms with Crippen molar-refractivity contribution in [2.24, 2.45) is 5.73 Å². The number of halogens is 1. The molecule has 2 nitrogen and oxygen atoms in total. The fourth-order valence-corrected chi connectivity index (χ4v) is 2.45. The molecule has 0 spiro atoms. The predicted octanol–water partition coefficient (Wildman–Crippen LogP) is 2.29. The second-order valence-corrected chi connectivity index (χ2v) is 4.44. The third-order valence-electron chi connectivity index (χ3n) is 3.24. The molecular formula is C11H18FNO. The van der Waals surface area contributed by atoms with E-state index in [4.69, 9.17) is 10.5 Å². The molecule has 1 aliphatic heterocycles. The average Bonchev–Trinajstić information content (AvgIpc) is 2.19. The van der Waals surface area contributed by atoms with Crippen LogP contribution in [0, 0.1) is 0 Å². The average molecular weight is 199 g/mol. The number of hydrogen-bond acceptors (Lipinski definition) is 2. The van der Waals surface area contributed by atoms with Crippen LogP contribution in [-0.2, 0) is 4.74 Å². The summed E-state index contributed by atoms with van der Waals surface area (Å²) in [5.41, 5.74) is 5.47. The van der Waals surface area contributed by atoms with Crippen LogP contribution in [0.2, 0.25) is 0 Å². The van der Waals surface area contributed by atoms with E-state index in [2.05, 4.69) is 0 Å². The van der Waals surface area contributed by atoms with Crippen LogP contribution in [-0.4, -0.2) is 18.3 Å². The van der Waals surface area contributed by atoms with Gasteiger partial charge in [-0.3, -0.25) is 0 Å². The van der Waals surface area contributed by atoms with Gasteiger partial charge in [-0.15, -0.1) is 0 Å². The Hall–Kier alpha value is -0.570. The molecule has 3 heteroatoms. The van der Waals surface area contributed by atoms with Gasteiger partial charge in [-0.05, 0) is 32.1 Å². The summed E-state index contributed by atoms with van der Waals surface area (Å²) in [6.45, 7) is 0.728. The van der Waals surface area contributed by atoms with Crippen LogP contribution in [0.3, 0.4) is 0 Å². The molecule has 0 amide bonds. The first-order valence-electron chi connectivity index (χ1n) is 5.46. The molecular weight excluding hydrogens is 181 g/mol. The zero-order valence-electron chi connectivity index (χ0n) is 8.47. The van der Waals surface area contributed by atoms with E-state index in [9.17, 15) is 4.39 Å². The molecule has 2 rings (SSSR count). The number of allylic oxidation sites excluding steroid dienone is 1. The predicted molar refractivity (Wildman–Crippen MR) is 53.6 cm³/mol. The van der Waals surface area contributed by atoms with Crippen LogP contribution < -0.4 is 5.73 Å². The largest absolute Gasteiger partial charge is 0.501 e. The standard InChI is InChI=1S/C11H18FNO/c12-11(5-1-4-10(13)7-11)9-3-2-6-14-8-9/h8,10H,1-7,13H2. The Morgan fingerprint density at radius 3 is 3.00 bits per heavy atom. The highest BCUT2D eigenvalue weighted by Crippen LogP contribution is 2.40. The Morgan fingerprint density at radius 1 is 1.50 bits per heavy atom. The van der Waals surface area contributed by atoms with Gasteiger partial charge in [-0.1, -0.05) is 0 Å². The third kappa shape index (κ3) is 1.92. The van der Waals surface area contributed by atoms with E-state index in [1.165, 1.54) is 0 Å². The lowest BCUT2D eigenvalue weighted by atomic mass is 9.77. The zero-order chi connectivity index (χ0) is 10.0. The molecule has 2 N–H and O–H groups in total. The first-order chi connectivity index (χ1) is 6.71. The fraction of sp³-hybridized carbons (Fsp3) is 0.818. The minimum Gasteiger partial charge on any atom is -0.501 e. The third-order valence-corrected chi connectivity index (χ3v) is 3.24. The van der Waals surface area contributed by atoms with Crippen LogP contribution >= 0.6 is 0 Å². The molecule has 0 aromatic rings. The van der Waals surface area contributed by atoms with Crippen LogP contribution in [0.25, 0.3) is 0 Å². The van der Waals surface area contributed by atoms with Crippen molar-refractivity contribution in [3.63, 3.8) is 0 Å². The first kappa shape index (κ1) is 9.97. The molecule has 1 aliphatic carbocycles. The highest BCUT2D eigenvalue weighted by atomic mass is 19.1. The van der Waals surface area contributed by atoms with E-state index >= 15 is 0 Å². The van der Waals surface area contributed by atoms with Gasteiger partial charge in [-0.25, -0.2) is 4.39 Å². The number of alkyl halides is 1. The van der Waals surface area contributed by atoms with Crippen LogP contribution in [0.1, 0.15) is 38.5 Å². The quantitative estimate of drug-likeness (QED) is 0.703. The molecule has 1 fully saturated rings. The molecule has 1 heterocycles. The van der Waals surface area contributed by atoms with Gasteiger partial charge in [0, 0.05) is 18.0 Å². The Kier molecular flexibility index (Phi) is 2.77. The summed E-state index contributed by atoms with van der Waals surface area (Å²) in [5, 5.41) is 0. The van der Waals surface area contributed by atoms with E-state index in [1.807, 2.05) is 0 Å². The summed E-state index contributed by atoms with van der Waals surface area (Å²) in [5.74, 6) is 0. The SMILES string of the molecule is NC1CCCC(F)(C2=COCCC2)C1. The normalized spacial score (nSPS) is 38.7. The van der Waals surface area contributed by atoms with Crippen molar-refractivity contribution in [1.82, 2.24) is 0 Å². The van der Waals surface area contributed by atoms with Crippen LogP contribution in [0.4, 0.5) is 4.39 Å². The topological polar surface area (TPSA) is 35.2 Å². The second-order valence-electron chi connectivity index (χ2n) is 4.44. The van der Waals surface area contributed by atoms with E-state index in [0.717, 1.165) is 37.9 Å². The number of ether oxygens (including phenoxy) is 1. The molecule has 2 aliphatic rings. The Bertz CT molecular complexity index is 241. The molecule has 0 aromatic heterocycles. The number of rotatable bonds is 1. The van der Waals surface area contributed by atoms with Gasteiger partial charge in [-0.2, -0.15) is 0 Å². The van der Waals surface area contributed by atoms with Gasteiger partial charge >= 0.3 is 0 Å². The second kappa shape index (κ2) is 3.89. The molecule has 0 bridgehead atoms. The number of nitrogens with two attached hydrogens (primary N) is 1. The van der Waals surface area contributed by atoms with Gasteiger partial charge in [0.25, 0.3) is 0 Å². The number of hydrogen-bond donors (Lipinski definition) is 1. The Morgan fingerprint density at radius 2 is 2.36 bits per heavy atom. The maximum atomic E-state index is 14.5. The summed E-state index contributed by atoms with van der Waals surface area (Å²) < 4.78 is 19.7. The first-order valence-corrected chi connectivity index (χ1v) is 5.46. The van der Waals surface area contributed by atoms with Crippen molar-refractivity contribution in [3.05, 3.63) is 11.8 Å². The van der Waals surface area contributed by atoms with Gasteiger partial charge in [0.2, 0.25) is 0 Å². The summed E-state index contributed by atoms with van der Waals surface area (Å²) in [4.78, 5) is 0. The maximum absolute atomic E-state index is 14.5. The van der Waals surface area contributed by atoms with Crippen molar-refractivity contribution in [2.45, 2.75) is 50.2 Å². The molecule has 2 atom stereocenters. The lowest BCUT2D eigenvalue weighted by molar-refractivity contribution is 0.112. The smallest absolute Gasteiger partial charge is 0.136 e. The minimum atomic E-state index is -1.17. The van der Waals surface area contributed by atoms with Crippen molar-refractivity contribution in [1.29, 1.82) is 0 Å². The Labute approximate surface area is 84.3 Å². The molecule has 2 unspecified atom stereocenters. The highest BCUT2D eigenvalue weighted by Gasteiger charge is 2.39. The van der Waals surface area contributed by atoms with Gasteiger partial charge in [0.1, 0.15) is 5.67 Å². The molecule has 0 radical (unpaired) electrons. The molecule has 80 valence electrons. The molecule has 1 saturated carbocycles. The van der Waals surface area contributed by atoms with Gasteiger partial charge < -0.3 is 10.5 Å².